The van der Waals surface area contributed by atoms with E-state index in [2.05, 4.69) is 0 Å². The minimum absolute atomic E-state index is 0.105. The van der Waals surface area contributed by atoms with Crippen molar-refractivity contribution in [3.8, 4) is 17.2 Å². The van der Waals surface area contributed by atoms with Crippen LogP contribution in [0, 0.1) is 11.6 Å². The fourth-order valence-corrected chi connectivity index (χ4v) is 2.06. The van der Waals surface area contributed by atoms with Gasteiger partial charge in [-0.1, -0.05) is 0 Å². The predicted octanol–water partition coefficient (Wildman–Crippen LogP) is 3.22. The van der Waals surface area contributed by atoms with Gasteiger partial charge in [-0.15, -0.1) is 0 Å². The van der Waals surface area contributed by atoms with Crippen LogP contribution in [0.15, 0.2) is 30.3 Å². The smallest absolute Gasteiger partial charge is 0.203 e. The quantitative estimate of drug-likeness (QED) is 0.796. The summed E-state index contributed by atoms with van der Waals surface area (Å²) >= 11 is 0. The summed E-state index contributed by atoms with van der Waals surface area (Å²) < 4.78 is 42.0. The van der Waals surface area contributed by atoms with Crippen LogP contribution in [0.3, 0.4) is 0 Å². The summed E-state index contributed by atoms with van der Waals surface area (Å²) in [5.74, 6) is -1.32. The number of ketones is 1. The zero-order valence-corrected chi connectivity index (χ0v) is 12.3. The topological polar surface area (TPSA) is 44.8 Å². The van der Waals surface area contributed by atoms with Crippen molar-refractivity contribution in [2.75, 3.05) is 21.3 Å². The summed E-state index contributed by atoms with van der Waals surface area (Å²) in [5.41, 5.74) is 0.0614. The molecule has 0 N–H and O–H groups in total. The van der Waals surface area contributed by atoms with Crippen LogP contribution in [0.1, 0.15) is 15.9 Å². The lowest BCUT2D eigenvalue weighted by Gasteiger charge is -2.13. The molecule has 0 aromatic heterocycles. The van der Waals surface area contributed by atoms with E-state index in [1.807, 2.05) is 0 Å². The summed E-state index contributed by atoms with van der Waals surface area (Å²) in [6.45, 7) is 0. The Morgan fingerprint density at radius 1 is 0.773 bits per heavy atom. The fraction of sp³-hybridized carbons (Fsp3) is 0.188. The van der Waals surface area contributed by atoms with Crippen molar-refractivity contribution < 1.29 is 27.8 Å². The number of hydrogen-bond donors (Lipinski definition) is 0. The van der Waals surface area contributed by atoms with Gasteiger partial charge in [0.05, 0.1) is 21.3 Å². The van der Waals surface area contributed by atoms with Crippen molar-refractivity contribution in [1.82, 2.24) is 0 Å². The van der Waals surface area contributed by atoms with Crippen LogP contribution >= 0.6 is 0 Å². The Morgan fingerprint density at radius 2 is 1.23 bits per heavy atom. The minimum atomic E-state index is -0.823. The zero-order valence-electron chi connectivity index (χ0n) is 12.3. The molecule has 2 aromatic rings. The molecular formula is C16H14F2O4. The van der Waals surface area contributed by atoms with Gasteiger partial charge in [0.1, 0.15) is 11.6 Å². The first kappa shape index (κ1) is 15.8. The Hall–Kier alpha value is -2.63. The van der Waals surface area contributed by atoms with Crippen molar-refractivity contribution in [3.63, 3.8) is 0 Å². The van der Waals surface area contributed by atoms with Gasteiger partial charge in [0.2, 0.25) is 5.75 Å². The van der Waals surface area contributed by atoms with Crippen LogP contribution in [-0.2, 0) is 0 Å². The van der Waals surface area contributed by atoms with E-state index in [0.717, 1.165) is 12.1 Å². The third-order valence-corrected chi connectivity index (χ3v) is 3.05. The molecule has 0 saturated carbocycles. The molecule has 0 spiro atoms. The maximum Gasteiger partial charge on any atom is 0.203 e. The number of carbonyl (C=O) groups is 1. The molecule has 0 atom stereocenters. The van der Waals surface area contributed by atoms with E-state index in [-0.39, 0.29) is 22.6 Å². The molecule has 4 nitrogen and oxygen atoms in total. The molecule has 0 heterocycles. The van der Waals surface area contributed by atoms with E-state index in [1.165, 1.54) is 33.5 Å². The number of ether oxygens (including phenoxy) is 3. The highest BCUT2D eigenvalue weighted by Crippen LogP contribution is 2.38. The number of methoxy groups -OCH3 is 3. The van der Waals surface area contributed by atoms with Crippen LogP contribution in [-0.4, -0.2) is 27.1 Å². The molecule has 0 aliphatic carbocycles. The van der Waals surface area contributed by atoms with E-state index < -0.39 is 17.4 Å². The number of hydrogen-bond acceptors (Lipinski definition) is 4. The van der Waals surface area contributed by atoms with Crippen LogP contribution in [0.25, 0.3) is 0 Å². The first-order valence-corrected chi connectivity index (χ1v) is 6.31. The lowest BCUT2D eigenvalue weighted by molar-refractivity contribution is 0.103. The van der Waals surface area contributed by atoms with Crippen LogP contribution in [0.5, 0.6) is 17.2 Å². The van der Waals surface area contributed by atoms with Crippen LogP contribution in [0.4, 0.5) is 8.78 Å². The maximum atomic E-state index is 13.3. The molecule has 2 aromatic carbocycles. The second-order valence-electron chi connectivity index (χ2n) is 4.40. The molecule has 2 rings (SSSR count). The fourth-order valence-electron chi connectivity index (χ4n) is 2.06. The van der Waals surface area contributed by atoms with E-state index >= 15 is 0 Å². The van der Waals surface area contributed by atoms with Crippen molar-refractivity contribution in [3.05, 3.63) is 53.1 Å². The Kier molecular flexibility index (Phi) is 4.60. The average Bonchev–Trinajstić information content (AvgIpc) is 2.51. The predicted molar refractivity (Wildman–Crippen MR) is 75.9 cm³/mol. The van der Waals surface area contributed by atoms with Gasteiger partial charge in [-0.2, -0.15) is 0 Å². The number of rotatable bonds is 5. The van der Waals surface area contributed by atoms with E-state index in [9.17, 15) is 13.6 Å². The molecule has 0 aliphatic heterocycles. The van der Waals surface area contributed by atoms with Crippen molar-refractivity contribution in [1.29, 1.82) is 0 Å². The molecule has 0 saturated heterocycles. The van der Waals surface area contributed by atoms with Gasteiger partial charge in [0, 0.05) is 17.2 Å². The van der Waals surface area contributed by atoms with Gasteiger partial charge in [0.25, 0.3) is 0 Å². The van der Waals surface area contributed by atoms with Crippen molar-refractivity contribution >= 4 is 5.78 Å². The largest absolute Gasteiger partial charge is 0.493 e. The molecule has 0 fully saturated rings. The molecule has 0 radical (unpaired) electrons. The van der Waals surface area contributed by atoms with Crippen molar-refractivity contribution in [2.45, 2.75) is 0 Å². The minimum Gasteiger partial charge on any atom is -0.493 e. The lowest BCUT2D eigenvalue weighted by atomic mass is 10.0. The van der Waals surface area contributed by atoms with Gasteiger partial charge < -0.3 is 14.2 Å². The van der Waals surface area contributed by atoms with E-state index in [1.54, 1.807) is 0 Å². The maximum absolute atomic E-state index is 13.3. The molecule has 0 bridgehead atoms. The zero-order chi connectivity index (χ0) is 16.3. The SMILES string of the molecule is COc1cc(C(=O)c2cc(F)cc(F)c2)cc(OC)c1OC. The van der Waals surface area contributed by atoms with E-state index in [4.69, 9.17) is 14.2 Å². The highest BCUT2D eigenvalue weighted by molar-refractivity contribution is 6.09. The Morgan fingerprint density at radius 3 is 1.64 bits per heavy atom. The number of halogens is 2. The Labute approximate surface area is 126 Å². The monoisotopic (exact) mass is 308 g/mol. The highest BCUT2D eigenvalue weighted by Gasteiger charge is 2.19. The van der Waals surface area contributed by atoms with Gasteiger partial charge in [-0.3, -0.25) is 4.79 Å². The Balaban J connectivity index is 2.54. The first-order valence-electron chi connectivity index (χ1n) is 6.31. The molecule has 0 aliphatic rings. The summed E-state index contributed by atoms with van der Waals surface area (Å²) in [6.07, 6.45) is 0. The molecule has 116 valence electrons. The highest BCUT2D eigenvalue weighted by atomic mass is 19.1. The van der Waals surface area contributed by atoms with Gasteiger partial charge in [0.15, 0.2) is 17.3 Å². The van der Waals surface area contributed by atoms with E-state index in [0.29, 0.717) is 11.8 Å². The third kappa shape index (κ3) is 3.00. The molecule has 0 unspecified atom stereocenters. The van der Waals surface area contributed by atoms with Gasteiger partial charge >= 0.3 is 0 Å². The second kappa shape index (κ2) is 6.43. The molecule has 6 heteroatoms. The normalized spacial score (nSPS) is 10.2. The average molecular weight is 308 g/mol. The summed E-state index contributed by atoms with van der Waals surface area (Å²) in [4.78, 5) is 12.4. The van der Waals surface area contributed by atoms with Crippen molar-refractivity contribution in [2.24, 2.45) is 0 Å². The second-order valence-corrected chi connectivity index (χ2v) is 4.40. The third-order valence-electron chi connectivity index (χ3n) is 3.05. The first-order chi connectivity index (χ1) is 10.5. The van der Waals surface area contributed by atoms with Crippen LogP contribution in [0.2, 0.25) is 0 Å². The number of benzene rings is 2. The standard InChI is InChI=1S/C16H14F2O4/c1-20-13-6-10(7-14(21-2)16(13)22-3)15(19)9-4-11(17)8-12(18)5-9/h4-8H,1-3H3. The summed E-state index contributed by atoms with van der Waals surface area (Å²) in [5, 5.41) is 0. The lowest BCUT2D eigenvalue weighted by Crippen LogP contribution is -2.05. The summed E-state index contributed by atoms with van der Waals surface area (Å²) in [7, 11) is 4.25. The molecule has 22 heavy (non-hydrogen) atoms. The summed E-state index contributed by atoms with van der Waals surface area (Å²) in [6, 6.07) is 5.48. The Bertz CT molecular complexity index is 668. The number of carbonyl (C=O) groups excluding carboxylic acids is 1. The molecular weight excluding hydrogens is 294 g/mol. The molecule has 0 amide bonds. The van der Waals surface area contributed by atoms with Gasteiger partial charge in [-0.25, -0.2) is 8.78 Å². The van der Waals surface area contributed by atoms with Gasteiger partial charge in [-0.05, 0) is 24.3 Å². The van der Waals surface area contributed by atoms with Crippen LogP contribution < -0.4 is 14.2 Å².